The van der Waals surface area contributed by atoms with Gasteiger partial charge in [0.1, 0.15) is 31.8 Å². The van der Waals surface area contributed by atoms with Crippen molar-refractivity contribution in [2.75, 3.05) is 158 Å². The molecule has 16 N–H and O–H groups in total. The number of nitrogens with one attached hydrogen (secondary N) is 8. The number of ether oxygens (including phenoxy) is 8. The van der Waals surface area contributed by atoms with E-state index in [1.165, 1.54) is 0 Å². The Balaban J connectivity index is 5.62. The fourth-order valence-corrected chi connectivity index (χ4v) is 6.63. The summed E-state index contributed by atoms with van der Waals surface area (Å²) in [5.41, 5.74) is -1.71. The van der Waals surface area contributed by atoms with Gasteiger partial charge in [-0.3, -0.25) is 19.2 Å². The van der Waals surface area contributed by atoms with Gasteiger partial charge in [-0.1, -0.05) is 25.7 Å². The molecule has 0 spiro atoms. The number of hydrogen-bond donors (Lipinski definition) is 12. The second-order valence-electron chi connectivity index (χ2n) is 18.1. The fraction of sp³-hybridized carbons (Fsp3) is 0.837. The first-order chi connectivity index (χ1) is 39.4. The van der Waals surface area contributed by atoms with Gasteiger partial charge in [0.2, 0.25) is 23.6 Å². The topological polar surface area (TPSA) is 448 Å². The zero-order valence-electron chi connectivity index (χ0n) is 47.3. The van der Waals surface area contributed by atoms with Crippen molar-refractivity contribution in [2.45, 2.75) is 103 Å². The van der Waals surface area contributed by atoms with Gasteiger partial charge in [-0.25, -0.2) is 42.8 Å². The van der Waals surface area contributed by atoms with Crippen LogP contribution in [0.3, 0.4) is 0 Å². The maximum atomic E-state index is 13.0. The summed E-state index contributed by atoms with van der Waals surface area (Å²) in [6.07, 6.45) is 6.45. The van der Waals surface area contributed by atoms with E-state index in [4.69, 9.17) is 61.5 Å². The number of nitrogens with two attached hydrogens (primary N) is 4. The van der Waals surface area contributed by atoms with Crippen LogP contribution in [0.1, 0.15) is 103 Å². The Morgan fingerprint density at radius 3 is 0.654 bits per heavy atom. The van der Waals surface area contributed by atoms with Crippen molar-refractivity contribution in [3.63, 3.8) is 0 Å². The number of carbonyl (C=O) groups excluding carboxylic acids is 8. The molecule has 0 heterocycles. The van der Waals surface area contributed by atoms with Crippen LogP contribution >= 0.6 is 0 Å². The summed E-state index contributed by atoms with van der Waals surface area (Å²) in [6.45, 7) is 0.958. The molecule has 81 heavy (non-hydrogen) atoms. The van der Waals surface area contributed by atoms with E-state index in [2.05, 4.69) is 61.9 Å². The standard InChI is InChI=1S/C49H96N12O20/c50-78-25-9-1-5-13-41(62)54-17-29-70-33-21-58-45(66)74-37-49(38-75-46(67)59-22-34-71-30-18-55-42(63)14-6-2-10-26-79-51,39-76-47(68)60-23-35-72-31-19-56-43(64)15-7-3-11-27-80-52)40-77-48(69)61-24-36-73-32-20-57-44(65)16-8-4-12-28-81-53/h1-40,50-53H2,(H,54,62)(H,55,63)(H,56,64)(H,57,65)(H,58,66)(H,59,67)(H,60,68)(H,61,69). The summed E-state index contributed by atoms with van der Waals surface area (Å²) in [4.78, 5) is 118. The van der Waals surface area contributed by atoms with Gasteiger partial charge in [0.25, 0.3) is 0 Å². The highest BCUT2D eigenvalue weighted by Gasteiger charge is 2.38. The third-order valence-corrected chi connectivity index (χ3v) is 11.0. The first-order valence-corrected chi connectivity index (χ1v) is 27.7. The van der Waals surface area contributed by atoms with E-state index < -0.39 is 56.2 Å². The van der Waals surface area contributed by atoms with Gasteiger partial charge in [0, 0.05) is 78.0 Å². The van der Waals surface area contributed by atoms with E-state index in [1.54, 1.807) is 0 Å². The Labute approximate surface area is 474 Å². The second-order valence-corrected chi connectivity index (χ2v) is 18.1. The summed E-state index contributed by atoms with van der Waals surface area (Å²) in [5.74, 6) is 19.5. The zero-order valence-corrected chi connectivity index (χ0v) is 47.3. The Morgan fingerprint density at radius 2 is 0.457 bits per heavy atom. The molecular weight excluding hydrogens is 1080 g/mol. The molecule has 0 atom stereocenters. The Kier molecular flexibility index (Phi) is 52.5. The number of alkyl carbamates (subject to hydrolysis) is 4. The maximum absolute atomic E-state index is 13.0. The Bertz CT molecular complexity index is 1400. The van der Waals surface area contributed by atoms with Gasteiger partial charge in [0.05, 0.1) is 79.3 Å². The molecule has 0 fully saturated rings. The van der Waals surface area contributed by atoms with Crippen LogP contribution < -0.4 is 66.1 Å². The van der Waals surface area contributed by atoms with Gasteiger partial charge in [-0.15, -0.1) is 0 Å². The van der Waals surface area contributed by atoms with E-state index in [0.717, 1.165) is 51.4 Å². The lowest BCUT2D eigenvalue weighted by atomic mass is 9.92. The monoisotopic (exact) mass is 1170 g/mol. The highest BCUT2D eigenvalue weighted by atomic mass is 16.6. The molecule has 0 aromatic heterocycles. The maximum Gasteiger partial charge on any atom is 0.407 e. The van der Waals surface area contributed by atoms with Crippen LogP contribution in [0.2, 0.25) is 0 Å². The lowest BCUT2D eigenvalue weighted by Crippen LogP contribution is -2.47. The molecule has 32 heteroatoms. The molecule has 0 rings (SSSR count). The average molecular weight is 1170 g/mol. The van der Waals surface area contributed by atoms with Gasteiger partial charge < -0.3 is 99.8 Å². The fourth-order valence-electron chi connectivity index (χ4n) is 6.63. The summed E-state index contributed by atoms with van der Waals surface area (Å²) in [6, 6.07) is 0. The van der Waals surface area contributed by atoms with E-state index >= 15 is 0 Å². The van der Waals surface area contributed by atoms with E-state index in [9.17, 15) is 38.4 Å². The Hall–Kier alpha value is -5.52. The van der Waals surface area contributed by atoms with E-state index in [1.807, 2.05) is 0 Å². The number of amides is 8. The SMILES string of the molecule is NOCCCCCC(=O)NCCOCCNC(=O)OCC(COC(=O)NCCOCCNC(=O)CCCCCON)(COC(=O)NCCOCCNC(=O)CCCCCON)COC(=O)NCCOCCNC(=O)CCCCCON. The van der Waals surface area contributed by atoms with Crippen LogP contribution in [0.5, 0.6) is 0 Å². The van der Waals surface area contributed by atoms with Crippen LogP contribution in [0.4, 0.5) is 19.2 Å². The van der Waals surface area contributed by atoms with Crippen LogP contribution in [0.15, 0.2) is 0 Å². The highest BCUT2D eigenvalue weighted by Crippen LogP contribution is 2.21. The molecule has 0 saturated heterocycles. The smallest absolute Gasteiger partial charge is 0.407 e. The Morgan fingerprint density at radius 1 is 0.259 bits per heavy atom. The van der Waals surface area contributed by atoms with Crippen molar-refractivity contribution in [1.82, 2.24) is 42.5 Å². The number of unbranched alkanes of at least 4 members (excludes halogenated alkanes) is 8. The first-order valence-electron chi connectivity index (χ1n) is 27.7. The molecule has 0 radical (unpaired) electrons. The van der Waals surface area contributed by atoms with Crippen LogP contribution in [0, 0.1) is 5.41 Å². The second kappa shape index (κ2) is 56.3. The van der Waals surface area contributed by atoms with Gasteiger partial charge >= 0.3 is 24.4 Å². The van der Waals surface area contributed by atoms with Crippen molar-refractivity contribution >= 4 is 48.0 Å². The normalized spacial score (nSPS) is 11.0. The molecular formula is C49H96N12O20. The number of carbonyl (C=O) groups is 8. The van der Waals surface area contributed by atoms with Gasteiger partial charge in [-0.05, 0) is 51.4 Å². The summed E-state index contributed by atoms with van der Waals surface area (Å²) < 4.78 is 44.0. The molecule has 0 bridgehead atoms. The zero-order chi connectivity index (χ0) is 59.5. The van der Waals surface area contributed by atoms with Crippen molar-refractivity contribution in [2.24, 2.45) is 29.0 Å². The minimum absolute atomic E-state index is 0.0134. The summed E-state index contributed by atoms with van der Waals surface area (Å²) >= 11 is 0. The number of hydrogen-bond acceptors (Lipinski definition) is 24. The molecule has 0 aromatic rings. The predicted octanol–water partition coefficient (Wildman–Crippen LogP) is -0.788. The first kappa shape index (κ1) is 75.5. The average Bonchev–Trinajstić information content (AvgIpc) is 3.45. The molecule has 32 nitrogen and oxygen atoms in total. The molecule has 0 aliphatic rings. The quantitative estimate of drug-likeness (QED) is 0.0202. The molecule has 0 saturated carbocycles. The van der Waals surface area contributed by atoms with Gasteiger partial charge in [0.15, 0.2) is 0 Å². The minimum Gasteiger partial charge on any atom is -0.449 e. The van der Waals surface area contributed by atoms with Crippen molar-refractivity contribution in [3.8, 4) is 0 Å². The molecule has 0 aromatic carbocycles. The predicted molar refractivity (Wildman–Crippen MR) is 290 cm³/mol. The third kappa shape index (κ3) is 52.3. The van der Waals surface area contributed by atoms with Crippen molar-refractivity contribution < 1.29 is 95.6 Å². The minimum atomic E-state index is -1.71. The van der Waals surface area contributed by atoms with E-state index in [0.29, 0.717) is 77.8 Å². The summed E-state index contributed by atoms with van der Waals surface area (Å²) in [5, 5.41) is 21.1. The molecule has 472 valence electrons. The molecule has 0 unspecified atom stereocenters. The molecule has 0 aliphatic carbocycles. The van der Waals surface area contributed by atoms with Gasteiger partial charge in [-0.2, -0.15) is 0 Å². The third-order valence-electron chi connectivity index (χ3n) is 11.0. The van der Waals surface area contributed by atoms with Crippen molar-refractivity contribution in [3.05, 3.63) is 0 Å². The van der Waals surface area contributed by atoms with Crippen molar-refractivity contribution in [1.29, 1.82) is 0 Å². The molecule has 8 amide bonds. The molecule has 0 aliphatic heterocycles. The summed E-state index contributed by atoms with van der Waals surface area (Å²) in [7, 11) is 0. The van der Waals surface area contributed by atoms with Crippen LogP contribution in [-0.4, -0.2) is 206 Å². The lowest BCUT2D eigenvalue weighted by Gasteiger charge is -2.31. The largest absolute Gasteiger partial charge is 0.449 e. The number of rotatable bonds is 56. The van der Waals surface area contributed by atoms with Crippen LogP contribution in [-0.2, 0) is 76.4 Å². The highest BCUT2D eigenvalue weighted by molar-refractivity contribution is 5.77. The van der Waals surface area contributed by atoms with Crippen LogP contribution in [0.25, 0.3) is 0 Å². The van der Waals surface area contributed by atoms with E-state index in [-0.39, 0.29) is 129 Å². The lowest BCUT2D eigenvalue weighted by molar-refractivity contribution is -0.122.